The third-order valence-corrected chi connectivity index (χ3v) is 6.53. The van der Waals surface area contributed by atoms with Crippen LogP contribution in [0, 0.1) is 0 Å². The molecule has 4 aromatic rings. The van der Waals surface area contributed by atoms with Crippen molar-refractivity contribution in [3.8, 4) is 0 Å². The molecule has 0 aliphatic carbocycles. The maximum atomic E-state index is 13.2. The fourth-order valence-corrected chi connectivity index (χ4v) is 4.63. The van der Waals surface area contributed by atoms with Gasteiger partial charge in [0.05, 0.1) is 6.42 Å². The molecule has 1 unspecified atom stereocenters. The zero-order valence-electron chi connectivity index (χ0n) is 18.3. The minimum atomic E-state index is -0.460. The molecule has 1 atom stereocenters. The van der Waals surface area contributed by atoms with Crippen LogP contribution in [0.5, 0.6) is 0 Å². The molecular weight excluding hydrogens is 464 g/mol. The number of benzene rings is 4. The first-order chi connectivity index (χ1) is 16.6. The molecule has 0 aliphatic rings. The van der Waals surface area contributed by atoms with Gasteiger partial charge in [-0.1, -0.05) is 78.3 Å². The number of rotatable bonds is 8. The number of anilines is 2. The molecule has 0 saturated heterocycles. The van der Waals surface area contributed by atoms with Crippen LogP contribution in [0.25, 0.3) is 0 Å². The molecule has 2 amide bonds. The lowest BCUT2D eigenvalue weighted by atomic mass is 10.1. The first-order valence-electron chi connectivity index (χ1n) is 10.8. The zero-order chi connectivity index (χ0) is 23.8. The molecule has 4 rings (SSSR count). The van der Waals surface area contributed by atoms with Gasteiger partial charge in [0.15, 0.2) is 0 Å². The zero-order valence-corrected chi connectivity index (χ0v) is 19.9. The molecule has 0 fully saturated rings. The maximum Gasteiger partial charge on any atom is 0.242 e. The lowest BCUT2D eigenvalue weighted by Gasteiger charge is -2.17. The molecule has 2 N–H and O–H groups in total. The Bertz CT molecular complexity index is 1250. The summed E-state index contributed by atoms with van der Waals surface area (Å²) in [4.78, 5) is 26.4. The van der Waals surface area contributed by atoms with Crippen LogP contribution in [0.4, 0.5) is 11.4 Å². The number of halogens is 1. The Kier molecular flexibility index (Phi) is 8.02. The van der Waals surface area contributed by atoms with Crippen molar-refractivity contribution < 1.29 is 9.59 Å². The number of nitrogens with one attached hydrogen (secondary N) is 2. The SMILES string of the molecule is O=C(Cc1ccccc1)Nc1ccc(SC(C(=O)Nc2cccc(Cl)c2)c2ccccc2)cc1. The van der Waals surface area contributed by atoms with Gasteiger partial charge in [0.2, 0.25) is 11.8 Å². The largest absolute Gasteiger partial charge is 0.326 e. The van der Waals surface area contributed by atoms with Crippen molar-refractivity contribution in [1.82, 2.24) is 0 Å². The third-order valence-electron chi connectivity index (χ3n) is 5.03. The number of thioether (sulfide) groups is 1. The van der Waals surface area contributed by atoms with Crippen molar-refractivity contribution in [2.24, 2.45) is 0 Å². The number of amides is 2. The van der Waals surface area contributed by atoms with E-state index in [2.05, 4.69) is 10.6 Å². The molecule has 0 radical (unpaired) electrons. The van der Waals surface area contributed by atoms with Gasteiger partial charge in [0, 0.05) is 21.3 Å². The van der Waals surface area contributed by atoms with Crippen molar-refractivity contribution in [1.29, 1.82) is 0 Å². The highest BCUT2D eigenvalue weighted by Crippen LogP contribution is 2.36. The number of hydrogen-bond donors (Lipinski definition) is 2. The Hall–Kier alpha value is -3.54. The van der Waals surface area contributed by atoms with Gasteiger partial charge in [-0.3, -0.25) is 9.59 Å². The Morgan fingerprint density at radius 3 is 2.09 bits per heavy atom. The Morgan fingerprint density at radius 2 is 1.41 bits per heavy atom. The fraction of sp³-hybridized carbons (Fsp3) is 0.0714. The summed E-state index contributed by atoms with van der Waals surface area (Å²) in [7, 11) is 0. The normalized spacial score (nSPS) is 11.4. The molecule has 0 saturated carbocycles. The highest BCUT2D eigenvalue weighted by atomic mass is 35.5. The van der Waals surface area contributed by atoms with Gasteiger partial charge in [-0.15, -0.1) is 11.8 Å². The number of carbonyl (C=O) groups excluding carboxylic acids is 2. The van der Waals surface area contributed by atoms with E-state index < -0.39 is 5.25 Å². The Morgan fingerprint density at radius 1 is 0.735 bits per heavy atom. The number of hydrogen-bond acceptors (Lipinski definition) is 3. The molecule has 0 aromatic heterocycles. The summed E-state index contributed by atoms with van der Waals surface area (Å²) in [6.07, 6.45) is 0.317. The van der Waals surface area contributed by atoms with Gasteiger partial charge in [-0.05, 0) is 53.6 Å². The summed E-state index contributed by atoms with van der Waals surface area (Å²) < 4.78 is 0. The second-order valence-corrected chi connectivity index (χ2v) is 9.26. The molecule has 0 aliphatic heterocycles. The van der Waals surface area contributed by atoms with Gasteiger partial charge in [-0.2, -0.15) is 0 Å². The van der Waals surface area contributed by atoms with Crippen LogP contribution in [0.3, 0.4) is 0 Å². The average molecular weight is 487 g/mol. The molecular formula is C28H23ClN2O2S. The van der Waals surface area contributed by atoms with Gasteiger partial charge < -0.3 is 10.6 Å². The molecule has 34 heavy (non-hydrogen) atoms. The van der Waals surface area contributed by atoms with Crippen molar-refractivity contribution in [3.05, 3.63) is 125 Å². The summed E-state index contributed by atoms with van der Waals surface area (Å²) in [6.45, 7) is 0. The summed E-state index contributed by atoms with van der Waals surface area (Å²) >= 11 is 7.51. The van der Waals surface area contributed by atoms with E-state index >= 15 is 0 Å². The predicted molar refractivity (Wildman–Crippen MR) is 140 cm³/mol. The summed E-state index contributed by atoms with van der Waals surface area (Å²) in [5, 5.41) is 5.99. The average Bonchev–Trinajstić information content (AvgIpc) is 2.84. The Labute approximate surface area is 208 Å². The lowest BCUT2D eigenvalue weighted by Crippen LogP contribution is -2.19. The first kappa shape index (κ1) is 23.6. The quantitative estimate of drug-likeness (QED) is 0.264. The van der Waals surface area contributed by atoms with Crippen LogP contribution in [0.15, 0.2) is 114 Å². The van der Waals surface area contributed by atoms with Crippen molar-refractivity contribution in [2.75, 3.05) is 10.6 Å². The molecule has 0 spiro atoms. The fourth-order valence-electron chi connectivity index (χ4n) is 3.41. The van der Waals surface area contributed by atoms with Gasteiger partial charge in [0.25, 0.3) is 0 Å². The van der Waals surface area contributed by atoms with Crippen LogP contribution in [-0.2, 0) is 16.0 Å². The lowest BCUT2D eigenvalue weighted by molar-refractivity contribution is -0.116. The van der Waals surface area contributed by atoms with Crippen molar-refractivity contribution >= 4 is 46.6 Å². The van der Waals surface area contributed by atoms with E-state index in [0.29, 0.717) is 22.8 Å². The molecule has 4 nitrogen and oxygen atoms in total. The summed E-state index contributed by atoms with van der Waals surface area (Å²) in [5.41, 5.74) is 3.22. The molecule has 4 aromatic carbocycles. The Balaban J connectivity index is 1.44. The smallest absolute Gasteiger partial charge is 0.242 e. The van der Waals surface area contributed by atoms with Crippen LogP contribution >= 0.6 is 23.4 Å². The molecule has 170 valence electrons. The molecule has 0 bridgehead atoms. The van der Waals surface area contributed by atoms with E-state index in [1.54, 1.807) is 18.2 Å². The van der Waals surface area contributed by atoms with Crippen LogP contribution < -0.4 is 10.6 Å². The van der Waals surface area contributed by atoms with Crippen molar-refractivity contribution in [2.45, 2.75) is 16.6 Å². The van der Waals surface area contributed by atoms with E-state index in [1.165, 1.54) is 11.8 Å². The minimum absolute atomic E-state index is 0.0744. The van der Waals surface area contributed by atoms with Crippen LogP contribution in [-0.4, -0.2) is 11.8 Å². The first-order valence-corrected chi connectivity index (χ1v) is 12.0. The van der Waals surface area contributed by atoms with E-state index in [-0.39, 0.29) is 11.8 Å². The van der Waals surface area contributed by atoms with Crippen LogP contribution in [0.1, 0.15) is 16.4 Å². The number of carbonyl (C=O) groups is 2. The van der Waals surface area contributed by atoms with Gasteiger partial charge in [-0.25, -0.2) is 0 Å². The van der Waals surface area contributed by atoms with Gasteiger partial charge in [0.1, 0.15) is 5.25 Å². The monoisotopic (exact) mass is 486 g/mol. The predicted octanol–water partition coefficient (Wildman–Crippen LogP) is 6.99. The highest BCUT2D eigenvalue weighted by molar-refractivity contribution is 8.00. The van der Waals surface area contributed by atoms with E-state index in [4.69, 9.17) is 11.6 Å². The topological polar surface area (TPSA) is 58.2 Å². The van der Waals surface area contributed by atoms with Crippen LogP contribution in [0.2, 0.25) is 5.02 Å². The second kappa shape index (κ2) is 11.5. The van der Waals surface area contributed by atoms with E-state index in [0.717, 1.165) is 16.0 Å². The molecule has 0 heterocycles. The van der Waals surface area contributed by atoms with Gasteiger partial charge >= 0.3 is 0 Å². The summed E-state index contributed by atoms with van der Waals surface area (Å²) in [5.74, 6) is -0.214. The second-order valence-electron chi connectivity index (χ2n) is 7.64. The highest BCUT2D eigenvalue weighted by Gasteiger charge is 2.22. The third kappa shape index (κ3) is 6.73. The summed E-state index contributed by atoms with van der Waals surface area (Å²) in [6, 6.07) is 33.9. The van der Waals surface area contributed by atoms with Crippen molar-refractivity contribution in [3.63, 3.8) is 0 Å². The maximum absolute atomic E-state index is 13.2. The standard InChI is InChI=1S/C28H23ClN2O2S/c29-22-12-7-13-24(19-22)31-28(33)27(21-10-5-2-6-11-21)34-25-16-14-23(15-17-25)30-26(32)18-20-8-3-1-4-9-20/h1-17,19,27H,18H2,(H,30,32)(H,31,33). The van der Waals surface area contributed by atoms with E-state index in [1.807, 2.05) is 91.0 Å². The van der Waals surface area contributed by atoms with E-state index in [9.17, 15) is 9.59 Å². The minimum Gasteiger partial charge on any atom is -0.326 e. The molecule has 6 heteroatoms.